The lowest BCUT2D eigenvalue weighted by atomic mass is 11.7. The van der Waals surface area contributed by atoms with E-state index in [0.717, 1.165) is 0 Å². The van der Waals surface area contributed by atoms with Gasteiger partial charge in [-0.05, 0) is 6.55 Å². The molecule has 0 amide bonds. The molecule has 0 N–H and O–H groups in total. The zero-order chi connectivity index (χ0) is 11.2. The maximum absolute atomic E-state index is 5.58. The molecule has 0 fully saturated rings. The Balaban J connectivity index is 4.14. The summed E-state index contributed by atoms with van der Waals surface area (Å²) in [5.41, 5.74) is 0. The first-order valence-corrected chi connectivity index (χ1v) is 9.04. The molecule has 0 rings (SSSR count). The van der Waals surface area contributed by atoms with Crippen LogP contribution in [0.3, 0.4) is 0 Å². The lowest BCUT2D eigenvalue weighted by Gasteiger charge is -2.28. The summed E-state index contributed by atoms with van der Waals surface area (Å²) in [6, 6.07) is 0. The van der Waals surface area contributed by atoms with Gasteiger partial charge in [-0.1, -0.05) is 0 Å². The summed E-state index contributed by atoms with van der Waals surface area (Å²) >= 11 is 0. The van der Waals surface area contributed by atoms with Crippen LogP contribution in [0.15, 0.2) is 0 Å². The molecule has 0 saturated carbocycles. The van der Waals surface area contributed by atoms with Crippen LogP contribution in [0.1, 0.15) is 0 Å². The molecule has 5 nitrogen and oxygen atoms in total. The SMILES string of the molecule is CO[Si](C)(CO[Si](C)(OC)OC)OC. The molecule has 0 radical (unpaired) electrons. The lowest BCUT2D eigenvalue weighted by Crippen LogP contribution is -2.49. The zero-order valence-corrected chi connectivity index (χ0v) is 11.7. The highest BCUT2D eigenvalue weighted by Crippen LogP contribution is 2.11. The van der Waals surface area contributed by atoms with Crippen LogP contribution >= 0.6 is 0 Å². The summed E-state index contributed by atoms with van der Waals surface area (Å²) in [4.78, 5) is 0. The van der Waals surface area contributed by atoms with Crippen LogP contribution in [0.25, 0.3) is 0 Å². The Morgan fingerprint density at radius 3 is 1.50 bits per heavy atom. The van der Waals surface area contributed by atoms with E-state index in [1.165, 1.54) is 0 Å². The molecule has 0 aliphatic carbocycles. The second kappa shape index (κ2) is 5.96. The van der Waals surface area contributed by atoms with Gasteiger partial charge in [0, 0.05) is 35.0 Å². The fourth-order valence-corrected chi connectivity index (χ4v) is 3.57. The molecule has 86 valence electrons. The van der Waals surface area contributed by atoms with Crippen molar-refractivity contribution in [3.05, 3.63) is 0 Å². The summed E-state index contributed by atoms with van der Waals surface area (Å²) in [5.74, 6) is 0. The molecule has 0 atom stereocenters. The third-order valence-electron chi connectivity index (χ3n) is 2.20. The van der Waals surface area contributed by atoms with Crippen molar-refractivity contribution in [3.63, 3.8) is 0 Å². The molecule has 0 bridgehead atoms. The van der Waals surface area contributed by atoms with Crippen molar-refractivity contribution in [2.75, 3.05) is 34.7 Å². The van der Waals surface area contributed by atoms with Gasteiger partial charge in [0.15, 0.2) is 0 Å². The normalized spacial score (nSPS) is 13.3. The topological polar surface area (TPSA) is 46.2 Å². The monoisotopic (exact) mass is 240 g/mol. The molecule has 0 aromatic rings. The summed E-state index contributed by atoms with van der Waals surface area (Å²) in [7, 11) is 1.75. The number of hydrogen-bond donors (Lipinski definition) is 0. The molecule has 0 unspecified atom stereocenters. The smallest absolute Gasteiger partial charge is 0.396 e. The van der Waals surface area contributed by atoms with E-state index in [0.29, 0.717) is 6.23 Å². The Hall–Kier alpha value is 0.234. The predicted molar refractivity (Wildman–Crippen MR) is 57.2 cm³/mol. The van der Waals surface area contributed by atoms with E-state index in [2.05, 4.69) is 0 Å². The van der Waals surface area contributed by atoms with Crippen LogP contribution in [-0.2, 0) is 22.1 Å². The van der Waals surface area contributed by atoms with Crippen LogP contribution < -0.4 is 0 Å². The summed E-state index contributed by atoms with van der Waals surface area (Å²) in [6.07, 6.45) is 0.407. The van der Waals surface area contributed by atoms with Crippen molar-refractivity contribution >= 4 is 17.4 Å². The van der Waals surface area contributed by atoms with Gasteiger partial charge in [0.25, 0.3) is 0 Å². The van der Waals surface area contributed by atoms with E-state index in [1.54, 1.807) is 28.4 Å². The highest BCUT2D eigenvalue weighted by atomic mass is 28.4. The first kappa shape index (κ1) is 14.2. The van der Waals surface area contributed by atoms with E-state index in [4.69, 9.17) is 22.1 Å². The van der Waals surface area contributed by atoms with Crippen LogP contribution in [0.2, 0.25) is 13.1 Å². The van der Waals surface area contributed by atoms with Gasteiger partial charge in [0.05, 0.1) is 6.23 Å². The molecular formula is C7H20O5Si2. The van der Waals surface area contributed by atoms with E-state index < -0.39 is 17.4 Å². The molecule has 0 spiro atoms. The van der Waals surface area contributed by atoms with Crippen molar-refractivity contribution in [2.24, 2.45) is 0 Å². The molecule has 7 heteroatoms. The van der Waals surface area contributed by atoms with Crippen molar-refractivity contribution in [2.45, 2.75) is 13.1 Å². The van der Waals surface area contributed by atoms with Gasteiger partial charge < -0.3 is 22.1 Å². The van der Waals surface area contributed by atoms with Gasteiger partial charge in [0.1, 0.15) is 0 Å². The fraction of sp³-hybridized carbons (Fsp3) is 1.00. The van der Waals surface area contributed by atoms with Crippen LogP contribution in [0.4, 0.5) is 0 Å². The van der Waals surface area contributed by atoms with Crippen molar-refractivity contribution in [3.8, 4) is 0 Å². The highest BCUT2D eigenvalue weighted by molar-refractivity contribution is 6.67. The second-order valence-electron chi connectivity index (χ2n) is 3.10. The molecule has 0 heterocycles. The van der Waals surface area contributed by atoms with Crippen molar-refractivity contribution in [1.82, 2.24) is 0 Å². The van der Waals surface area contributed by atoms with E-state index in [9.17, 15) is 0 Å². The summed E-state index contributed by atoms with van der Waals surface area (Å²) in [6.45, 7) is 3.75. The molecule has 0 aromatic heterocycles. The van der Waals surface area contributed by atoms with Crippen LogP contribution in [-0.4, -0.2) is 52.0 Å². The van der Waals surface area contributed by atoms with Gasteiger partial charge in [-0.25, -0.2) is 0 Å². The number of hydrogen-bond acceptors (Lipinski definition) is 5. The van der Waals surface area contributed by atoms with E-state index >= 15 is 0 Å². The third-order valence-corrected chi connectivity index (χ3v) is 7.04. The van der Waals surface area contributed by atoms with Crippen LogP contribution in [0.5, 0.6) is 0 Å². The Bertz CT molecular complexity index is 140. The zero-order valence-electron chi connectivity index (χ0n) is 9.75. The minimum Gasteiger partial charge on any atom is -0.396 e. The van der Waals surface area contributed by atoms with Gasteiger partial charge in [-0.2, -0.15) is 0 Å². The summed E-state index contributed by atoms with van der Waals surface area (Å²) < 4.78 is 26.5. The van der Waals surface area contributed by atoms with Gasteiger partial charge in [-0.3, -0.25) is 0 Å². The van der Waals surface area contributed by atoms with E-state index in [-0.39, 0.29) is 0 Å². The highest BCUT2D eigenvalue weighted by Gasteiger charge is 2.38. The van der Waals surface area contributed by atoms with E-state index in [1.807, 2.05) is 13.1 Å². The van der Waals surface area contributed by atoms with Crippen LogP contribution in [0, 0.1) is 0 Å². The molecular weight excluding hydrogens is 220 g/mol. The molecule has 14 heavy (non-hydrogen) atoms. The maximum Gasteiger partial charge on any atom is 0.497 e. The lowest BCUT2D eigenvalue weighted by molar-refractivity contribution is 0.105. The van der Waals surface area contributed by atoms with Crippen molar-refractivity contribution < 1.29 is 22.1 Å². The average molecular weight is 240 g/mol. The van der Waals surface area contributed by atoms with Crippen molar-refractivity contribution in [1.29, 1.82) is 0 Å². The predicted octanol–water partition coefficient (Wildman–Crippen LogP) is 0.768. The Morgan fingerprint density at radius 2 is 1.21 bits per heavy atom. The average Bonchev–Trinajstić information content (AvgIpc) is 2.25. The summed E-state index contributed by atoms with van der Waals surface area (Å²) in [5, 5.41) is 0. The number of rotatable bonds is 7. The minimum absolute atomic E-state index is 0.407. The quantitative estimate of drug-likeness (QED) is 0.615. The molecule has 0 aliphatic rings. The first-order valence-electron chi connectivity index (χ1n) is 4.30. The minimum atomic E-state index is -2.46. The largest absolute Gasteiger partial charge is 0.497 e. The first-order chi connectivity index (χ1) is 6.45. The van der Waals surface area contributed by atoms with Gasteiger partial charge in [0.2, 0.25) is 0 Å². The Morgan fingerprint density at radius 1 is 0.786 bits per heavy atom. The fourth-order valence-electron chi connectivity index (χ4n) is 0.665. The third kappa shape index (κ3) is 4.17. The van der Waals surface area contributed by atoms with Gasteiger partial charge in [-0.15, -0.1) is 0 Å². The van der Waals surface area contributed by atoms with Gasteiger partial charge >= 0.3 is 17.4 Å². The Kier molecular flexibility index (Phi) is 6.06. The molecule has 0 saturated heterocycles. The Labute approximate surface area is 87.9 Å². The molecule has 0 aromatic carbocycles. The standard InChI is InChI=1S/C7H20O5Si2/c1-8-13(5,9-2)7-12-14(6,10-3)11-4/h7H2,1-6H3. The second-order valence-corrected chi connectivity index (χ2v) is 9.30. The molecule has 0 aliphatic heterocycles. The maximum atomic E-state index is 5.58.